The summed E-state index contributed by atoms with van der Waals surface area (Å²) < 4.78 is 0. The predicted molar refractivity (Wildman–Crippen MR) is 118 cm³/mol. The molecule has 0 amide bonds. The molecular weight excluding hydrogens is 360 g/mol. The highest BCUT2D eigenvalue weighted by atomic mass is 32.1. The molecule has 144 valence electrons. The second-order valence-electron chi connectivity index (χ2n) is 8.25. The lowest BCUT2D eigenvalue weighted by molar-refractivity contribution is -0.0630. The molecule has 1 aromatic heterocycles. The first-order chi connectivity index (χ1) is 13.9. The third-order valence-electron chi connectivity index (χ3n) is 6.67. The van der Waals surface area contributed by atoms with Gasteiger partial charge in [0.2, 0.25) is 0 Å². The van der Waals surface area contributed by atoms with E-state index in [0.29, 0.717) is 5.92 Å². The summed E-state index contributed by atoms with van der Waals surface area (Å²) in [6, 6.07) is 26.7. The number of thiophene rings is 1. The third kappa shape index (κ3) is 3.32. The number of benzene rings is 2. The molecule has 2 nitrogen and oxygen atoms in total. The minimum Gasteiger partial charge on any atom is -0.293 e. The maximum Gasteiger partial charge on any atom is 0.0829 e. The maximum atomic E-state index is 4.10. The van der Waals surface area contributed by atoms with Gasteiger partial charge in [-0.15, -0.1) is 11.3 Å². The summed E-state index contributed by atoms with van der Waals surface area (Å²) in [7, 11) is 0. The van der Waals surface area contributed by atoms with Gasteiger partial charge in [-0.3, -0.25) is 10.2 Å². The van der Waals surface area contributed by atoms with Gasteiger partial charge in [0.1, 0.15) is 0 Å². The number of nitrogens with zero attached hydrogens (tertiary/aromatic N) is 1. The Balaban J connectivity index is 1.60. The summed E-state index contributed by atoms with van der Waals surface area (Å²) in [5, 5.41) is 6.29. The van der Waals surface area contributed by atoms with Crippen LogP contribution < -0.4 is 5.32 Å². The molecule has 1 atom stereocenters. The lowest BCUT2D eigenvalue weighted by atomic mass is 9.69. The Bertz CT molecular complexity index is 830. The van der Waals surface area contributed by atoms with Crippen LogP contribution in [0.2, 0.25) is 0 Å². The van der Waals surface area contributed by atoms with E-state index in [4.69, 9.17) is 0 Å². The van der Waals surface area contributed by atoms with Crippen LogP contribution in [0.15, 0.2) is 78.2 Å². The topological polar surface area (TPSA) is 15.3 Å². The smallest absolute Gasteiger partial charge is 0.0829 e. The molecule has 0 spiro atoms. The van der Waals surface area contributed by atoms with E-state index in [1.807, 2.05) is 11.3 Å². The van der Waals surface area contributed by atoms with Crippen LogP contribution in [0, 0.1) is 5.92 Å². The molecule has 0 aliphatic carbocycles. The van der Waals surface area contributed by atoms with Crippen molar-refractivity contribution in [3.8, 4) is 0 Å². The number of hydrogen-bond acceptors (Lipinski definition) is 3. The Kier molecular flexibility index (Phi) is 5.06. The van der Waals surface area contributed by atoms with Gasteiger partial charge in [-0.2, -0.15) is 0 Å². The van der Waals surface area contributed by atoms with Crippen molar-refractivity contribution in [3.05, 3.63) is 94.2 Å². The van der Waals surface area contributed by atoms with Gasteiger partial charge in [0.15, 0.2) is 0 Å². The van der Waals surface area contributed by atoms with Gasteiger partial charge in [-0.1, -0.05) is 66.7 Å². The molecule has 6 rings (SSSR count). The Morgan fingerprint density at radius 2 is 1.54 bits per heavy atom. The van der Waals surface area contributed by atoms with Crippen molar-refractivity contribution in [2.75, 3.05) is 13.1 Å². The zero-order chi connectivity index (χ0) is 18.8. The normalized spacial score (nSPS) is 26.6. The van der Waals surface area contributed by atoms with Gasteiger partial charge in [0.25, 0.3) is 0 Å². The van der Waals surface area contributed by atoms with Gasteiger partial charge >= 0.3 is 0 Å². The number of fused-ring (bicyclic) bond motifs is 3. The SMILES string of the molecule is c1ccc(C(c2ccccc2)C2(NCc3cccs3)CC3CCN2CC3)cc1. The fourth-order valence-corrected chi connectivity index (χ4v) is 6.02. The van der Waals surface area contributed by atoms with Crippen molar-refractivity contribution in [1.82, 2.24) is 10.2 Å². The first-order valence-corrected chi connectivity index (χ1v) is 11.4. The molecule has 1 unspecified atom stereocenters. The minimum atomic E-state index is -0.0200. The number of hydrogen-bond donors (Lipinski definition) is 1. The molecule has 2 bridgehead atoms. The molecule has 4 heterocycles. The number of rotatable bonds is 6. The number of piperidine rings is 3. The van der Waals surface area contributed by atoms with E-state index >= 15 is 0 Å². The molecule has 3 aromatic rings. The predicted octanol–water partition coefficient (Wildman–Crippen LogP) is 5.48. The Hall–Kier alpha value is -1.94. The number of nitrogens with one attached hydrogen (secondary N) is 1. The lowest BCUT2D eigenvalue weighted by Crippen LogP contribution is -2.68. The van der Waals surface area contributed by atoms with E-state index in [1.54, 1.807) is 0 Å². The van der Waals surface area contributed by atoms with Gasteiger partial charge in [-0.25, -0.2) is 0 Å². The van der Waals surface area contributed by atoms with E-state index in [2.05, 4.69) is 88.4 Å². The molecule has 3 heteroatoms. The quantitative estimate of drug-likeness (QED) is 0.601. The van der Waals surface area contributed by atoms with Crippen LogP contribution >= 0.6 is 11.3 Å². The van der Waals surface area contributed by atoms with Crippen LogP contribution in [0.5, 0.6) is 0 Å². The molecule has 3 saturated heterocycles. The fraction of sp³-hybridized carbons (Fsp3) is 0.360. The van der Waals surface area contributed by atoms with E-state index in [0.717, 1.165) is 12.5 Å². The Morgan fingerprint density at radius 3 is 2.04 bits per heavy atom. The van der Waals surface area contributed by atoms with Crippen LogP contribution in [0.4, 0.5) is 0 Å². The molecule has 2 aromatic carbocycles. The molecule has 0 saturated carbocycles. The van der Waals surface area contributed by atoms with Gasteiger partial charge in [0.05, 0.1) is 5.66 Å². The summed E-state index contributed by atoms with van der Waals surface area (Å²) in [4.78, 5) is 4.17. The van der Waals surface area contributed by atoms with Gasteiger partial charge in [0, 0.05) is 30.4 Å². The second-order valence-corrected chi connectivity index (χ2v) is 9.28. The first-order valence-electron chi connectivity index (χ1n) is 10.5. The standard InChI is InChI=1S/C25H28N2S/c1-3-8-21(9-4-1)24(22-10-5-2-6-11-22)25(26-19-23-12-7-17-28-23)18-20-13-15-27(25)16-14-20/h1-12,17,20,24,26H,13-16,18-19H2. The highest BCUT2D eigenvalue weighted by molar-refractivity contribution is 7.09. The van der Waals surface area contributed by atoms with E-state index in [1.165, 1.54) is 48.4 Å². The lowest BCUT2D eigenvalue weighted by Gasteiger charge is -2.58. The molecule has 28 heavy (non-hydrogen) atoms. The fourth-order valence-electron chi connectivity index (χ4n) is 5.38. The van der Waals surface area contributed by atoms with Crippen LogP contribution in [0.1, 0.15) is 41.2 Å². The molecule has 1 N–H and O–H groups in total. The summed E-state index contributed by atoms with van der Waals surface area (Å²) in [6.45, 7) is 3.35. The van der Waals surface area contributed by atoms with Crippen LogP contribution in [0.25, 0.3) is 0 Å². The summed E-state index contributed by atoms with van der Waals surface area (Å²) >= 11 is 1.85. The van der Waals surface area contributed by atoms with Crippen LogP contribution in [-0.4, -0.2) is 23.7 Å². The minimum absolute atomic E-state index is 0.0200. The highest BCUT2D eigenvalue weighted by Crippen LogP contribution is 2.48. The summed E-state index contributed by atoms with van der Waals surface area (Å²) in [5.74, 6) is 1.16. The largest absolute Gasteiger partial charge is 0.293 e. The van der Waals surface area contributed by atoms with Crippen molar-refractivity contribution in [1.29, 1.82) is 0 Å². The van der Waals surface area contributed by atoms with Crippen molar-refractivity contribution >= 4 is 11.3 Å². The zero-order valence-corrected chi connectivity index (χ0v) is 17.1. The molecule has 0 radical (unpaired) electrons. The first kappa shape index (κ1) is 18.1. The van der Waals surface area contributed by atoms with Crippen molar-refractivity contribution < 1.29 is 0 Å². The molecule has 3 aliphatic heterocycles. The summed E-state index contributed by atoms with van der Waals surface area (Å²) in [6.07, 6.45) is 3.92. The van der Waals surface area contributed by atoms with Crippen molar-refractivity contribution in [2.45, 2.75) is 37.4 Å². The molecular formula is C25H28N2S. The monoisotopic (exact) mass is 388 g/mol. The second kappa shape index (κ2) is 7.82. The van der Waals surface area contributed by atoms with Crippen molar-refractivity contribution in [2.24, 2.45) is 5.92 Å². The van der Waals surface area contributed by atoms with E-state index in [9.17, 15) is 0 Å². The van der Waals surface area contributed by atoms with Crippen LogP contribution in [-0.2, 0) is 6.54 Å². The van der Waals surface area contributed by atoms with E-state index < -0.39 is 0 Å². The Morgan fingerprint density at radius 1 is 0.893 bits per heavy atom. The zero-order valence-electron chi connectivity index (χ0n) is 16.3. The van der Waals surface area contributed by atoms with Gasteiger partial charge in [-0.05, 0) is 47.8 Å². The average Bonchev–Trinajstić information content (AvgIpc) is 3.29. The average molecular weight is 389 g/mol. The maximum absolute atomic E-state index is 4.10. The Labute approximate surface area is 172 Å². The third-order valence-corrected chi connectivity index (χ3v) is 7.55. The van der Waals surface area contributed by atoms with E-state index in [-0.39, 0.29) is 5.66 Å². The molecule has 3 aliphatic rings. The van der Waals surface area contributed by atoms with Crippen molar-refractivity contribution in [3.63, 3.8) is 0 Å². The van der Waals surface area contributed by atoms with Crippen LogP contribution in [0.3, 0.4) is 0 Å². The molecule has 3 fully saturated rings. The summed E-state index contributed by atoms with van der Waals surface area (Å²) in [5.41, 5.74) is 2.81. The highest BCUT2D eigenvalue weighted by Gasteiger charge is 2.51. The van der Waals surface area contributed by atoms with Gasteiger partial charge < -0.3 is 0 Å².